The molecule has 9 heteroatoms. The molecule has 32 heavy (non-hydrogen) atoms. The van der Waals surface area contributed by atoms with E-state index < -0.39 is 11.8 Å². The van der Waals surface area contributed by atoms with Gasteiger partial charge in [0, 0.05) is 38.4 Å². The summed E-state index contributed by atoms with van der Waals surface area (Å²) in [5.74, 6) is 1.67. The average molecular weight is 467 g/mol. The summed E-state index contributed by atoms with van der Waals surface area (Å²) in [7, 11) is 1.53. The van der Waals surface area contributed by atoms with E-state index >= 15 is 0 Å². The van der Waals surface area contributed by atoms with Crippen molar-refractivity contribution >= 4 is 23.8 Å². The Morgan fingerprint density at radius 3 is 2.62 bits per heavy atom. The summed E-state index contributed by atoms with van der Waals surface area (Å²) >= 11 is 1.74. The molecular weight excluding hydrogens is 432 g/mol. The van der Waals surface area contributed by atoms with Crippen LogP contribution < -0.4 is 9.47 Å². The fourth-order valence-electron chi connectivity index (χ4n) is 3.71. The average Bonchev–Trinajstić information content (AvgIpc) is 2.74. The second-order valence-electron chi connectivity index (χ2n) is 8.84. The highest BCUT2D eigenvalue weighted by atomic mass is 32.2. The minimum atomic E-state index is -0.782. The number of nitrogens with zero attached hydrogens (tertiary/aromatic N) is 2. The molecule has 0 spiro atoms. The van der Waals surface area contributed by atoms with Crippen LogP contribution in [0.5, 0.6) is 11.5 Å². The highest BCUT2D eigenvalue weighted by Crippen LogP contribution is 2.40. The van der Waals surface area contributed by atoms with Crippen LogP contribution in [0.15, 0.2) is 18.2 Å². The summed E-state index contributed by atoms with van der Waals surface area (Å²) < 4.78 is 21.4. The van der Waals surface area contributed by atoms with Crippen LogP contribution in [0.4, 0.5) is 4.79 Å². The van der Waals surface area contributed by atoms with E-state index in [2.05, 4.69) is 4.90 Å². The van der Waals surface area contributed by atoms with Gasteiger partial charge >= 0.3 is 6.16 Å². The predicted molar refractivity (Wildman–Crippen MR) is 123 cm³/mol. The minimum absolute atomic E-state index is 0.0922. The number of benzene rings is 1. The van der Waals surface area contributed by atoms with Gasteiger partial charge in [-0.05, 0) is 44.9 Å². The van der Waals surface area contributed by atoms with E-state index in [1.54, 1.807) is 38.6 Å². The third-order valence-electron chi connectivity index (χ3n) is 5.23. The number of methoxy groups -OCH3 is 1. The maximum absolute atomic E-state index is 12.7. The zero-order valence-electron chi connectivity index (χ0n) is 19.4. The topological polar surface area (TPSA) is 77.5 Å². The quantitative estimate of drug-likeness (QED) is 0.445. The molecule has 178 valence electrons. The van der Waals surface area contributed by atoms with Crippen LogP contribution in [0, 0.1) is 0 Å². The van der Waals surface area contributed by atoms with Crippen LogP contribution in [-0.2, 0) is 14.3 Å². The van der Waals surface area contributed by atoms with Gasteiger partial charge in [-0.25, -0.2) is 4.79 Å². The molecule has 1 amide bonds. The van der Waals surface area contributed by atoms with Crippen molar-refractivity contribution in [2.75, 3.05) is 52.3 Å². The van der Waals surface area contributed by atoms with Crippen molar-refractivity contribution in [1.29, 1.82) is 0 Å². The van der Waals surface area contributed by atoms with Gasteiger partial charge in [0.15, 0.2) is 11.5 Å². The SMILES string of the molecule is COc1cc(C2SCCC(=O)N2CCCN2CCOCC2)ccc1OC(=O)OC(C)(C)C. The molecule has 2 aliphatic heterocycles. The summed E-state index contributed by atoms with van der Waals surface area (Å²) in [5, 5.41) is -0.0922. The van der Waals surface area contributed by atoms with Crippen LogP contribution in [-0.4, -0.2) is 79.7 Å². The lowest BCUT2D eigenvalue weighted by Crippen LogP contribution is -2.41. The summed E-state index contributed by atoms with van der Waals surface area (Å²) in [6.45, 7) is 10.4. The number of hydrogen-bond donors (Lipinski definition) is 0. The van der Waals surface area contributed by atoms with Crippen molar-refractivity contribution in [3.8, 4) is 11.5 Å². The number of hydrogen-bond acceptors (Lipinski definition) is 8. The van der Waals surface area contributed by atoms with E-state index in [0.29, 0.717) is 18.7 Å². The van der Waals surface area contributed by atoms with E-state index in [4.69, 9.17) is 18.9 Å². The fourth-order valence-corrected chi connectivity index (χ4v) is 4.97. The Bertz CT molecular complexity index is 791. The lowest BCUT2D eigenvalue weighted by atomic mass is 10.1. The van der Waals surface area contributed by atoms with Crippen LogP contribution in [0.3, 0.4) is 0 Å². The third kappa shape index (κ3) is 7.02. The molecule has 0 N–H and O–H groups in total. The predicted octanol–water partition coefficient (Wildman–Crippen LogP) is 3.70. The van der Waals surface area contributed by atoms with Gasteiger partial charge in [-0.15, -0.1) is 11.8 Å². The first-order valence-corrected chi connectivity index (χ1v) is 12.1. The maximum Gasteiger partial charge on any atom is 0.514 e. The van der Waals surface area contributed by atoms with E-state index in [-0.39, 0.29) is 17.0 Å². The van der Waals surface area contributed by atoms with Crippen LogP contribution in [0.1, 0.15) is 44.6 Å². The Morgan fingerprint density at radius 2 is 1.94 bits per heavy atom. The third-order valence-corrected chi connectivity index (χ3v) is 6.51. The Morgan fingerprint density at radius 1 is 1.19 bits per heavy atom. The first kappa shape index (κ1) is 24.7. The first-order chi connectivity index (χ1) is 15.3. The fraction of sp³-hybridized carbons (Fsp3) is 0.652. The van der Waals surface area contributed by atoms with Gasteiger partial charge in [-0.3, -0.25) is 9.69 Å². The van der Waals surface area contributed by atoms with Gasteiger partial charge < -0.3 is 23.8 Å². The zero-order chi connectivity index (χ0) is 23.1. The van der Waals surface area contributed by atoms with Gasteiger partial charge in [0.1, 0.15) is 11.0 Å². The molecule has 2 saturated heterocycles. The van der Waals surface area contributed by atoms with Crippen LogP contribution in [0.2, 0.25) is 0 Å². The second kappa shape index (κ2) is 11.2. The van der Waals surface area contributed by atoms with E-state index in [1.165, 1.54) is 7.11 Å². The van der Waals surface area contributed by atoms with Crippen molar-refractivity contribution < 1.29 is 28.5 Å². The number of morpholine rings is 1. The molecule has 0 aliphatic carbocycles. The van der Waals surface area contributed by atoms with Crippen molar-refractivity contribution in [1.82, 2.24) is 9.80 Å². The molecule has 2 fully saturated rings. The van der Waals surface area contributed by atoms with Crippen molar-refractivity contribution in [2.24, 2.45) is 0 Å². The summed E-state index contributed by atoms with van der Waals surface area (Å²) in [6.07, 6.45) is 0.686. The number of carbonyl (C=O) groups excluding carboxylic acids is 2. The summed E-state index contributed by atoms with van der Waals surface area (Å²) in [5.41, 5.74) is 0.299. The van der Waals surface area contributed by atoms with Gasteiger partial charge in [0.25, 0.3) is 0 Å². The molecule has 0 aromatic heterocycles. The van der Waals surface area contributed by atoms with Crippen LogP contribution in [0.25, 0.3) is 0 Å². The first-order valence-electron chi connectivity index (χ1n) is 11.1. The molecule has 1 unspecified atom stereocenters. The lowest BCUT2D eigenvalue weighted by molar-refractivity contribution is -0.132. The van der Waals surface area contributed by atoms with Gasteiger partial charge in [0.2, 0.25) is 5.91 Å². The number of rotatable bonds is 7. The Balaban J connectivity index is 1.67. The van der Waals surface area contributed by atoms with E-state index in [0.717, 1.165) is 50.6 Å². The highest BCUT2D eigenvalue weighted by molar-refractivity contribution is 7.99. The smallest absolute Gasteiger partial charge is 0.493 e. The van der Waals surface area contributed by atoms with E-state index in [1.807, 2.05) is 17.0 Å². The molecule has 1 atom stereocenters. The monoisotopic (exact) mass is 466 g/mol. The maximum atomic E-state index is 12.7. The summed E-state index contributed by atoms with van der Waals surface area (Å²) in [4.78, 5) is 29.1. The largest absolute Gasteiger partial charge is 0.514 e. The minimum Gasteiger partial charge on any atom is -0.493 e. The standard InChI is InChI=1S/C23H34N2O6S/c1-23(2,3)31-22(27)30-18-7-6-17(16-19(18)28-4)21-25(20(26)8-15-32-21)10-5-9-24-11-13-29-14-12-24/h6-7,16,21H,5,8-15H2,1-4H3. The Kier molecular flexibility index (Phi) is 8.67. The molecule has 2 heterocycles. The Hall–Kier alpha value is -1.97. The number of carbonyl (C=O) groups is 2. The molecular formula is C23H34N2O6S. The molecule has 1 aromatic rings. The molecule has 0 bridgehead atoms. The molecule has 0 radical (unpaired) electrons. The lowest BCUT2D eigenvalue weighted by Gasteiger charge is -2.36. The molecule has 3 rings (SSSR count). The normalized spacial score (nSPS) is 20.2. The van der Waals surface area contributed by atoms with Crippen molar-refractivity contribution in [3.05, 3.63) is 23.8 Å². The van der Waals surface area contributed by atoms with Crippen molar-refractivity contribution in [2.45, 2.75) is 44.6 Å². The Labute approximate surface area is 194 Å². The molecule has 2 aliphatic rings. The van der Waals surface area contributed by atoms with E-state index in [9.17, 15) is 9.59 Å². The van der Waals surface area contributed by atoms with Crippen molar-refractivity contribution in [3.63, 3.8) is 0 Å². The highest BCUT2D eigenvalue weighted by Gasteiger charge is 2.30. The molecule has 1 aromatic carbocycles. The number of amides is 1. The second-order valence-corrected chi connectivity index (χ2v) is 10.0. The number of ether oxygens (including phenoxy) is 4. The molecule has 0 saturated carbocycles. The van der Waals surface area contributed by atoms with Gasteiger partial charge in [-0.1, -0.05) is 6.07 Å². The summed E-state index contributed by atoms with van der Waals surface area (Å²) in [6, 6.07) is 5.42. The van der Waals surface area contributed by atoms with Crippen LogP contribution >= 0.6 is 11.8 Å². The van der Waals surface area contributed by atoms with Gasteiger partial charge in [-0.2, -0.15) is 0 Å². The molecule has 8 nitrogen and oxygen atoms in total. The van der Waals surface area contributed by atoms with Gasteiger partial charge in [0.05, 0.1) is 20.3 Å². The zero-order valence-corrected chi connectivity index (χ0v) is 20.2. The number of thioether (sulfide) groups is 1.